The molecule has 0 aromatic heterocycles. The Balaban J connectivity index is 1.61. The summed E-state index contributed by atoms with van der Waals surface area (Å²) in [7, 11) is 0. The van der Waals surface area contributed by atoms with Crippen molar-refractivity contribution in [3.63, 3.8) is 0 Å². The number of amides is 2. The molecule has 1 fully saturated rings. The Morgan fingerprint density at radius 1 is 0.962 bits per heavy atom. The van der Waals surface area contributed by atoms with Crippen LogP contribution in [-0.4, -0.2) is 24.9 Å². The van der Waals surface area contributed by atoms with E-state index in [1.54, 1.807) is 0 Å². The van der Waals surface area contributed by atoms with Crippen molar-refractivity contribution in [2.45, 2.75) is 51.1 Å². The smallest absolute Gasteiger partial charge is 0.354 e. The Bertz CT molecular complexity index is 594. The number of nitrogens with one attached hydrogen (secondary N) is 2. The summed E-state index contributed by atoms with van der Waals surface area (Å²) >= 11 is 0. The first-order valence-corrected chi connectivity index (χ1v) is 9.04. The molecule has 7 heteroatoms. The van der Waals surface area contributed by atoms with E-state index in [0.717, 1.165) is 25.0 Å². The maximum Gasteiger partial charge on any atom is 0.416 e. The summed E-state index contributed by atoms with van der Waals surface area (Å²) < 4.78 is 37.5. The Morgan fingerprint density at radius 3 is 2.23 bits per heavy atom. The van der Waals surface area contributed by atoms with E-state index in [1.165, 1.54) is 31.4 Å². The zero-order chi connectivity index (χ0) is 19.0. The predicted molar refractivity (Wildman–Crippen MR) is 92.4 cm³/mol. The third-order valence-corrected chi connectivity index (χ3v) is 4.66. The molecule has 0 spiro atoms. The molecule has 1 saturated carbocycles. The molecule has 1 aromatic carbocycles. The highest BCUT2D eigenvalue weighted by Crippen LogP contribution is 2.29. The average molecular weight is 370 g/mol. The Kier molecular flexibility index (Phi) is 7.48. The summed E-state index contributed by atoms with van der Waals surface area (Å²) in [5.74, 6) is 0.0233. The third kappa shape index (κ3) is 7.06. The summed E-state index contributed by atoms with van der Waals surface area (Å²) in [6, 6.07) is 4.87. The highest BCUT2D eigenvalue weighted by Gasteiger charge is 2.29. The molecule has 0 radical (unpaired) electrons. The molecule has 0 aliphatic heterocycles. The number of hydrogen-bond acceptors (Lipinski definition) is 2. The van der Waals surface area contributed by atoms with E-state index in [4.69, 9.17) is 0 Å². The lowest BCUT2D eigenvalue weighted by molar-refractivity contribution is -0.137. The largest absolute Gasteiger partial charge is 0.416 e. The lowest BCUT2D eigenvalue weighted by atomic mass is 9.87. The molecule has 144 valence electrons. The summed E-state index contributed by atoms with van der Waals surface area (Å²) in [6.07, 6.45) is 2.28. The van der Waals surface area contributed by atoms with Gasteiger partial charge in [0.2, 0.25) is 11.8 Å². The molecular weight excluding hydrogens is 345 g/mol. The molecule has 0 saturated heterocycles. The Hall–Kier alpha value is -2.05. The fraction of sp³-hybridized carbons (Fsp3) is 0.579. The molecule has 2 N–H and O–H groups in total. The van der Waals surface area contributed by atoms with Crippen LogP contribution in [0, 0.1) is 5.92 Å². The molecule has 1 aliphatic carbocycles. The molecule has 2 amide bonds. The van der Waals surface area contributed by atoms with Crippen molar-refractivity contribution >= 4 is 11.8 Å². The van der Waals surface area contributed by atoms with Gasteiger partial charge in [0.15, 0.2) is 0 Å². The van der Waals surface area contributed by atoms with Crippen LogP contribution in [-0.2, 0) is 22.2 Å². The van der Waals surface area contributed by atoms with Gasteiger partial charge < -0.3 is 10.6 Å². The monoisotopic (exact) mass is 370 g/mol. The molecule has 0 unspecified atom stereocenters. The molecule has 26 heavy (non-hydrogen) atoms. The first-order valence-electron chi connectivity index (χ1n) is 9.04. The molecule has 1 aliphatic rings. The van der Waals surface area contributed by atoms with Crippen molar-refractivity contribution in [3.8, 4) is 0 Å². The van der Waals surface area contributed by atoms with Gasteiger partial charge in [-0.05, 0) is 42.9 Å². The van der Waals surface area contributed by atoms with E-state index in [1.807, 2.05) is 0 Å². The van der Waals surface area contributed by atoms with Gasteiger partial charge in [0.25, 0.3) is 0 Å². The highest BCUT2D eigenvalue weighted by molar-refractivity contribution is 5.84. The van der Waals surface area contributed by atoms with E-state index in [-0.39, 0.29) is 18.4 Å². The first-order chi connectivity index (χ1) is 12.3. The van der Waals surface area contributed by atoms with Crippen LogP contribution in [0.1, 0.15) is 49.7 Å². The number of hydrogen-bond donors (Lipinski definition) is 2. The van der Waals surface area contributed by atoms with Crippen LogP contribution in [0.2, 0.25) is 0 Å². The van der Waals surface area contributed by atoms with Crippen molar-refractivity contribution in [3.05, 3.63) is 35.4 Å². The normalized spacial score (nSPS) is 15.5. The molecular formula is C19H25F3N2O2. The van der Waals surface area contributed by atoms with Gasteiger partial charge in [-0.2, -0.15) is 13.2 Å². The van der Waals surface area contributed by atoms with E-state index in [2.05, 4.69) is 10.6 Å². The summed E-state index contributed by atoms with van der Waals surface area (Å²) in [5.41, 5.74) is 0.0191. The van der Waals surface area contributed by atoms with Gasteiger partial charge in [0.1, 0.15) is 0 Å². The zero-order valence-corrected chi connectivity index (χ0v) is 14.7. The number of carbonyl (C=O) groups excluding carboxylic acids is 2. The third-order valence-electron chi connectivity index (χ3n) is 4.66. The van der Waals surface area contributed by atoms with E-state index in [0.29, 0.717) is 30.9 Å². The molecule has 2 rings (SSSR count). The van der Waals surface area contributed by atoms with E-state index < -0.39 is 11.7 Å². The van der Waals surface area contributed by atoms with Crippen LogP contribution in [0.5, 0.6) is 0 Å². The lowest BCUT2D eigenvalue weighted by Crippen LogP contribution is -2.38. The Labute approximate surface area is 151 Å². The maximum atomic E-state index is 12.5. The second kappa shape index (κ2) is 9.59. The summed E-state index contributed by atoms with van der Waals surface area (Å²) in [6.45, 7) is 0.237. The van der Waals surface area contributed by atoms with Gasteiger partial charge in [-0.1, -0.05) is 31.4 Å². The predicted octanol–water partition coefficient (Wildman–Crippen LogP) is 3.45. The second-order valence-electron chi connectivity index (χ2n) is 6.78. The highest BCUT2D eigenvalue weighted by atomic mass is 19.4. The molecule has 1 aromatic rings. The van der Waals surface area contributed by atoms with Crippen LogP contribution in [0.4, 0.5) is 13.2 Å². The van der Waals surface area contributed by atoms with E-state index >= 15 is 0 Å². The zero-order valence-electron chi connectivity index (χ0n) is 14.7. The first kappa shape index (κ1) is 20.3. The van der Waals surface area contributed by atoms with E-state index in [9.17, 15) is 22.8 Å². The summed E-state index contributed by atoms with van der Waals surface area (Å²) in [5, 5.41) is 5.29. The van der Waals surface area contributed by atoms with Crippen LogP contribution in [0.15, 0.2) is 24.3 Å². The fourth-order valence-corrected chi connectivity index (χ4v) is 3.17. The minimum atomic E-state index is -4.34. The van der Waals surface area contributed by atoms with Crippen molar-refractivity contribution in [2.75, 3.05) is 13.1 Å². The number of rotatable bonds is 7. The fourth-order valence-electron chi connectivity index (χ4n) is 3.17. The van der Waals surface area contributed by atoms with Crippen LogP contribution >= 0.6 is 0 Å². The van der Waals surface area contributed by atoms with Gasteiger partial charge in [-0.15, -0.1) is 0 Å². The summed E-state index contributed by atoms with van der Waals surface area (Å²) in [4.78, 5) is 23.6. The van der Waals surface area contributed by atoms with Crippen LogP contribution < -0.4 is 10.6 Å². The Morgan fingerprint density at radius 2 is 1.62 bits per heavy atom. The number of halogens is 3. The van der Waals surface area contributed by atoms with Gasteiger partial charge in [-0.25, -0.2) is 0 Å². The second-order valence-corrected chi connectivity index (χ2v) is 6.78. The standard InChI is InChI=1S/C19H25F3N2O2/c20-19(21,22)16-8-6-14(7-9-16)10-11-23-18(26)13-24-17(25)12-15-4-2-1-3-5-15/h6-9,15H,1-5,10-13H2,(H,23,26)(H,24,25). The van der Waals surface area contributed by atoms with Gasteiger partial charge >= 0.3 is 6.18 Å². The molecule has 0 bridgehead atoms. The SMILES string of the molecule is O=C(CNC(=O)CC1CCCCC1)NCCc1ccc(C(F)(F)F)cc1. The quantitative estimate of drug-likeness (QED) is 0.772. The molecule has 0 atom stereocenters. The van der Waals surface area contributed by atoms with Crippen LogP contribution in [0.3, 0.4) is 0 Å². The van der Waals surface area contributed by atoms with Crippen molar-refractivity contribution in [1.29, 1.82) is 0 Å². The topological polar surface area (TPSA) is 58.2 Å². The van der Waals surface area contributed by atoms with Gasteiger partial charge in [-0.3, -0.25) is 9.59 Å². The minimum Gasteiger partial charge on any atom is -0.354 e. The lowest BCUT2D eigenvalue weighted by Gasteiger charge is -2.20. The van der Waals surface area contributed by atoms with Crippen molar-refractivity contribution in [2.24, 2.45) is 5.92 Å². The van der Waals surface area contributed by atoms with Gasteiger partial charge in [0.05, 0.1) is 12.1 Å². The van der Waals surface area contributed by atoms with Crippen molar-refractivity contribution in [1.82, 2.24) is 10.6 Å². The molecule has 0 heterocycles. The van der Waals surface area contributed by atoms with Gasteiger partial charge in [0, 0.05) is 13.0 Å². The number of benzene rings is 1. The number of alkyl halides is 3. The van der Waals surface area contributed by atoms with Crippen molar-refractivity contribution < 1.29 is 22.8 Å². The maximum absolute atomic E-state index is 12.5. The minimum absolute atomic E-state index is 0.0709. The average Bonchev–Trinajstić information content (AvgIpc) is 2.60. The number of carbonyl (C=O) groups is 2. The molecule has 4 nitrogen and oxygen atoms in total. The van der Waals surface area contributed by atoms with Crippen LogP contribution in [0.25, 0.3) is 0 Å².